The van der Waals surface area contributed by atoms with Gasteiger partial charge in [-0.1, -0.05) is 0 Å². The summed E-state index contributed by atoms with van der Waals surface area (Å²) < 4.78 is 12.9. The van der Waals surface area contributed by atoms with Crippen molar-refractivity contribution >= 4 is 15.9 Å². The Balaban J connectivity index is 2.40. The van der Waals surface area contributed by atoms with Crippen LogP contribution in [0.4, 0.5) is 0 Å². The van der Waals surface area contributed by atoms with Gasteiger partial charge in [-0.15, -0.1) is 0 Å². The third-order valence-electron chi connectivity index (χ3n) is 2.36. The number of nitrogens with zero attached hydrogens (tertiary/aromatic N) is 2. The first-order valence-electron chi connectivity index (χ1n) is 4.70. The average molecular weight is 286 g/mol. The molecule has 1 unspecified atom stereocenters. The minimum absolute atomic E-state index is 0.395. The van der Waals surface area contributed by atoms with Crippen molar-refractivity contribution in [3.8, 4) is 5.75 Å². The average Bonchev–Trinajstić information content (AvgIpc) is 2.83. The van der Waals surface area contributed by atoms with Gasteiger partial charge in [0.1, 0.15) is 17.5 Å². The normalized spacial score (nSPS) is 12.8. The summed E-state index contributed by atoms with van der Waals surface area (Å²) in [5, 5.41) is 4.10. The first-order valence-corrected chi connectivity index (χ1v) is 5.49. The van der Waals surface area contributed by atoms with E-state index in [1.165, 1.54) is 0 Å². The first kappa shape index (κ1) is 11.2. The summed E-state index contributed by atoms with van der Waals surface area (Å²) >= 11 is 3.24. The van der Waals surface area contributed by atoms with E-state index in [2.05, 4.69) is 21.0 Å². The zero-order valence-electron chi connectivity index (χ0n) is 8.98. The fraction of sp³-hybridized carbons (Fsp3) is 0.300. The molecule has 0 aromatic carbocycles. The molecule has 2 N–H and O–H groups in total. The standard InChI is InChI=1S/C10H12BrN3O2/c1-14-10(7(15-2)5-13-14)9(12)6-3-4-8(11)16-6/h3-5,9H,12H2,1-2H3. The topological polar surface area (TPSA) is 66.2 Å². The van der Waals surface area contributed by atoms with Crippen molar-refractivity contribution in [1.82, 2.24) is 9.78 Å². The Labute approximate surface area is 101 Å². The Kier molecular flexibility index (Phi) is 3.02. The van der Waals surface area contributed by atoms with Crippen LogP contribution < -0.4 is 10.5 Å². The Morgan fingerprint density at radius 1 is 1.56 bits per heavy atom. The summed E-state index contributed by atoms with van der Waals surface area (Å²) in [6.07, 6.45) is 1.63. The molecule has 5 nitrogen and oxygen atoms in total. The SMILES string of the molecule is COc1cnn(C)c1C(N)c1ccc(Br)o1. The number of halogens is 1. The van der Waals surface area contributed by atoms with Crippen molar-refractivity contribution < 1.29 is 9.15 Å². The lowest BCUT2D eigenvalue weighted by Crippen LogP contribution is -2.16. The molecule has 0 aliphatic rings. The van der Waals surface area contributed by atoms with Gasteiger partial charge in [-0.05, 0) is 28.1 Å². The molecule has 0 bridgehead atoms. The summed E-state index contributed by atoms with van der Waals surface area (Å²) in [6, 6.07) is 3.23. The molecule has 0 saturated heterocycles. The second-order valence-corrected chi connectivity index (χ2v) is 4.12. The Morgan fingerprint density at radius 3 is 2.88 bits per heavy atom. The van der Waals surface area contributed by atoms with E-state index in [1.807, 2.05) is 13.1 Å². The zero-order valence-corrected chi connectivity index (χ0v) is 10.6. The number of hydrogen-bond acceptors (Lipinski definition) is 4. The van der Waals surface area contributed by atoms with Gasteiger partial charge in [0.15, 0.2) is 10.4 Å². The van der Waals surface area contributed by atoms with Gasteiger partial charge in [-0.2, -0.15) is 5.10 Å². The van der Waals surface area contributed by atoms with Crippen LogP contribution in [-0.2, 0) is 7.05 Å². The number of nitrogens with two attached hydrogens (primary N) is 1. The van der Waals surface area contributed by atoms with Crippen LogP contribution in [0.1, 0.15) is 17.5 Å². The van der Waals surface area contributed by atoms with Gasteiger partial charge in [0.2, 0.25) is 0 Å². The lowest BCUT2D eigenvalue weighted by molar-refractivity contribution is 0.398. The van der Waals surface area contributed by atoms with Crippen molar-refractivity contribution in [1.29, 1.82) is 0 Å². The molecule has 2 aromatic rings. The lowest BCUT2D eigenvalue weighted by Gasteiger charge is -2.11. The van der Waals surface area contributed by atoms with Crippen molar-refractivity contribution in [2.45, 2.75) is 6.04 Å². The Morgan fingerprint density at radius 2 is 2.31 bits per heavy atom. The van der Waals surface area contributed by atoms with Crippen LogP contribution in [-0.4, -0.2) is 16.9 Å². The van der Waals surface area contributed by atoms with E-state index in [0.29, 0.717) is 16.2 Å². The van der Waals surface area contributed by atoms with E-state index in [4.69, 9.17) is 14.9 Å². The molecule has 2 rings (SSSR count). The molecule has 0 amide bonds. The van der Waals surface area contributed by atoms with Crippen LogP contribution in [0.3, 0.4) is 0 Å². The highest BCUT2D eigenvalue weighted by Gasteiger charge is 2.21. The van der Waals surface area contributed by atoms with Gasteiger partial charge in [0.05, 0.1) is 13.3 Å². The van der Waals surface area contributed by atoms with Crippen LogP contribution in [0.5, 0.6) is 5.75 Å². The third kappa shape index (κ3) is 1.85. The van der Waals surface area contributed by atoms with E-state index in [1.54, 1.807) is 24.1 Å². The van der Waals surface area contributed by atoms with E-state index in [-0.39, 0.29) is 0 Å². The fourth-order valence-electron chi connectivity index (χ4n) is 1.57. The van der Waals surface area contributed by atoms with Crippen LogP contribution in [0, 0.1) is 0 Å². The van der Waals surface area contributed by atoms with Gasteiger partial charge in [-0.25, -0.2) is 0 Å². The maximum absolute atomic E-state index is 6.10. The molecule has 1 atom stereocenters. The van der Waals surface area contributed by atoms with Crippen molar-refractivity contribution in [2.24, 2.45) is 12.8 Å². The predicted molar refractivity (Wildman–Crippen MR) is 62.2 cm³/mol. The van der Waals surface area contributed by atoms with Crippen molar-refractivity contribution in [2.75, 3.05) is 7.11 Å². The number of aryl methyl sites for hydroxylation is 1. The first-order chi connectivity index (χ1) is 7.63. The second kappa shape index (κ2) is 4.31. The Hall–Kier alpha value is -1.27. The number of aromatic nitrogens is 2. The summed E-state index contributed by atoms with van der Waals surface area (Å²) in [5.74, 6) is 1.32. The lowest BCUT2D eigenvalue weighted by atomic mass is 10.1. The number of rotatable bonds is 3. The molecule has 0 fully saturated rings. The van der Waals surface area contributed by atoms with E-state index in [9.17, 15) is 0 Å². The second-order valence-electron chi connectivity index (χ2n) is 3.34. The van der Waals surface area contributed by atoms with Gasteiger partial charge >= 0.3 is 0 Å². The quantitative estimate of drug-likeness (QED) is 0.934. The van der Waals surface area contributed by atoms with Crippen LogP contribution in [0.15, 0.2) is 27.4 Å². The number of methoxy groups -OCH3 is 1. The monoisotopic (exact) mass is 285 g/mol. The van der Waals surface area contributed by atoms with Crippen molar-refractivity contribution in [3.63, 3.8) is 0 Å². The third-order valence-corrected chi connectivity index (χ3v) is 2.79. The highest BCUT2D eigenvalue weighted by Crippen LogP contribution is 2.29. The van der Waals surface area contributed by atoms with Gasteiger partial charge < -0.3 is 14.9 Å². The molecule has 0 aliphatic carbocycles. The minimum Gasteiger partial charge on any atom is -0.493 e. The minimum atomic E-state index is -0.395. The van der Waals surface area contributed by atoms with Gasteiger partial charge in [-0.3, -0.25) is 4.68 Å². The van der Waals surface area contributed by atoms with Gasteiger partial charge in [0.25, 0.3) is 0 Å². The highest BCUT2D eigenvalue weighted by atomic mass is 79.9. The molecular formula is C10H12BrN3O2. The van der Waals surface area contributed by atoms with E-state index < -0.39 is 6.04 Å². The van der Waals surface area contributed by atoms with Crippen LogP contribution in [0.2, 0.25) is 0 Å². The maximum Gasteiger partial charge on any atom is 0.169 e. The Bertz CT molecular complexity index is 492. The molecule has 0 saturated carbocycles. The molecule has 16 heavy (non-hydrogen) atoms. The molecule has 0 radical (unpaired) electrons. The zero-order chi connectivity index (χ0) is 11.7. The smallest absolute Gasteiger partial charge is 0.169 e. The van der Waals surface area contributed by atoms with E-state index in [0.717, 1.165) is 5.69 Å². The summed E-state index contributed by atoms with van der Waals surface area (Å²) in [6.45, 7) is 0. The van der Waals surface area contributed by atoms with E-state index >= 15 is 0 Å². The van der Waals surface area contributed by atoms with Crippen LogP contribution in [0.25, 0.3) is 0 Å². The van der Waals surface area contributed by atoms with Gasteiger partial charge in [0, 0.05) is 7.05 Å². The summed E-state index contributed by atoms with van der Waals surface area (Å²) in [7, 11) is 3.40. The molecule has 2 heterocycles. The molecular weight excluding hydrogens is 274 g/mol. The van der Waals surface area contributed by atoms with Crippen LogP contribution >= 0.6 is 15.9 Å². The maximum atomic E-state index is 6.10. The number of hydrogen-bond donors (Lipinski definition) is 1. The molecule has 86 valence electrons. The molecule has 2 aromatic heterocycles. The molecule has 0 aliphatic heterocycles. The summed E-state index contributed by atoms with van der Waals surface area (Å²) in [5.41, 5.74) is 6.88. The number of ether oxygens (including phenoxy) is 1. The fourth-order valence-corrected chi connectivity index (χ4v) is 1.89. The molecule has 6 heteroatoms. The summed E-state index contributed by atoms with van der Waals surface area (Å²) in [4.78, 5) is 0. The van der Waals surface area contributed by atoms with Crippen molar-refractivity contribution in [3.05, 3.63) is 34.5 Å². The number of furan rings is 1. The largest absolute Gasteiger partial charge is 0.493 e. The molecule has 0 spiro atoms. The highest BCUT2D eigenvalue weighted by molar-refractivity contribution is 9.10. The predicted octanol–water partition coefficient (Wildman–Crippen LogP) is 1.83.